The van der Waals surface area contributed by atoms with E-state index in [1.165, 1.54) is 13.8 Å². The SMILES string of the molecule is CCC(C)c1cc([N+](=O)[O-])cc([N+](=O)[O-])c1C(OC(=O)O)C(F)(F)C(F)F. The molecular weight excluding hydrogens is 384 g/mol. The zero-order valence-electron chi connectivity index (χ0n) is 13.9. The van der Waals surface area contributed by atoms with Crippen LogP contribution in [0.2, 0.25) is 0 Å². The van der Waals surface area contributed by atoms with Crippen LogP contribution in [0.4, 0.5) is 33.7 Å². The Balaban J connectivity index is 3.95. The molecule has 0 aliphatic heterocycles. The number of carboxylic acid groups (broad SMARTS) is 1. The van der Waals surface area contributed by atoms with Crippen LogP contribution in [0, 0.1) is 20.2 Å². The second kappa shape index (κ2) is 8.14. The van der Waals surface area contributed by atoms with Crippen molar-refractivity contribution < 1.29 is 42.0 Å². The van der Waals surface area contributed by atoms with E-state index >= 15 is 0 Å². The number of nitro groups is 2. The summed E-state index contributed by atoms with van der Waals surface area (Å²) in [6, 6.07) is 0.997. The topological polar surface area (TPSA) is 133 Å². The Morgan fingerprint density at radius 2 is 1.81 bits per heavy atom. The Labute approximate surface area is 148 Å². The maximum absolute atomic E-state index is 14.0. The van der Waals surface area contributed by atoms with Gasteiger partial charge in [-0.2, -0.15) is 8.78 Å². The molecule has 150 valence electrons. The van der Waals surface area contributed by atoms with Crippen molar-refractivity contribution in [3.05, 3.63) is 43.5 Å². The third-order valence-corrected chi connectivity index (χ3v) is 3.85. The van der Waals surface area contributed by atoms with E-state index in [1.807, 2.05) is 0 Å². The van der Waals surface area contributed by atoms with Gasteiger partial charge in [0.25, 0.3) is 11.4 Å². The Hall–Kier alpha value is -2.99. The van der Waals surface area contributed by atoms with Crippen LogP contribution in [-0.4, -0.2) is 33.5 Å². The predicted molar refractivity (Wildman–Crippen MR) is 81.3 cm³/mol. The number of nitro benzene ring substituents is 2. The monoisotopic (exact) mass is 398 g/mol. The van der Waals surface area contributed by atoms with Crippen molar-refractivity contribution in [2.75, 3.05) is 0 Å². The molecule has 0 aliphatic carbocycles. The second-order valence-electron chi connectivity index (χ2n) is 5.53. The van der Waals surface area contributed by atoms with Gasteiger partial charge < -0.3 is 9.84 Å². The van der Waals surface area contributed by atoms with Gasteiger partial charge in [-0.15, -0.1) is 0 Å². The van der Waals surface area contributed by atoms with Crippen LogP contribution in [0.25, 0.3) is 0 Å². The van der Waals surface area contributed by atoms with Gasteiger partial charge in [-0.05, 0) is 17.9 Å². The number of carbonyl (C=O) groups is 1. The molecule has 1 aromatic rings. The molecule has 0 fully saturated rings. The summed E-state index contributed by atoms with van der Waals surface area (Å²) in [4.78, 5) is 30.7. The van der Waals surface area contributed by atoms with E-state index in [4.69, 9.17) is 5.11 Å². The second-order valence-corrected chi connectivity index (χ2v) is 5.53. The molecule has 0 amide bonds. The number of non-ortho nitro benzene ring substituents is 1. The van der Waals surface area contributed by atoms with Crippen molar-refractivity contribution in [3.63, 3.8) is 0 Å². The lowest BCUT2D eigenvalue weighted by atomic mass is 9.87. The number of ether oxygens (including phenoxy) is 1. The number of rotatable bonds is 8. The van der Waals surface area contributed by atoms with Crippen LogP contribution in [-0.2, 0) is 4.74 Å². The fraction of sp³-hybridized carbons (Fsp3) is 0.500. The van der Waals surface area contributed by atoms with Crippen molar-refractivity contribution in [2.24, 2.45) is 0 Å². The molecule has 0 heterocycles. The molecular formula is C14H14F4N2O7. The molecule has 13 heteroatoms. The smallest absolute Gasteiger partial charge is 0.450 e. The Morgan fingerprint density at radius 3 is 2.19 bits per heavy atom. The summed E-state index contributed by atoms with van der Waals surface area (Å²) < 4.78 is 57.6. The first-order chi connectivity index (χ1) is 12.3. The molecule has 0 aliphatic rings. The maximum Gasteiger partial charge on any atom is 0.506 e. The first kappa shape index (κ1) is 22.1. The fourth-order valence-electron chi connectivity index (χ4n) is 2.36. The largest absolute Gasteiger partial charge is 0.506 e. The third-order valence-electron chi connectivity index (χ3n) is 3.85. The zero-order chi connectivity index (χ0) is 21.1. The molecule has 1 N–H and O–H groups in total. The van der Waals surface area contributed by atoms with E-state index in [0.29, 0.717) is 12.1 Å². The van der Waals surface area contributed by atoms with Crippen LogP contribution < -0.4 is 0 Å². The average molecular weight is 398 g/mol. The van der Waals surface area contributed by atoms with Gasteiger partial charge in [-0.3, -0.25) is 20.2 Å². The number of halogens is 4. The van der Waals surface area contributed by atoms with Gasteiger partial charge in [0.15, 0.2) is 0 Å². The van der Waals surface area contributed by atoms with Crippen molar-refractivity contribution in [1.82, 2.24) is 0 Å². The highest BCUT2D eigenvalue weighted by atomic mass is 19.3. The van der Waals surface area contributed by atoms with E-state index in [0.717, 1.165) is 0 Å². The Kier molecular flexibility index (Phi) is 6.65. The summed E-state index contributed by atoms with van der Waals surface area (Å²) in [5.74, 6) is -5.96. The van der Waals surface area contributed by atoms with Crippen molar-refractivity contribution in [3.8, 4) is 0 Å². The Morgan fingerprint density at radius 1 is 1.26 bits per heavy atom. The molecule has 1 rings (SSSR count). The lowest BCUT2D eigenvalue weighted by molar-refractivity contribution is -0.395. The average Bonchev–Trinajstić information content (AvgIpc) is 2.57. The summed E-state index contributed by atoms with van der Waals surface area (Å²) >= 11 is 0. The van der Waals surface area contributed by atoms with E-state index < -0.39 is 62.9 Å². The van der Waals surface area contributed by atoms with Crippen molar-refractivity contribution >= 4 is 17.5 Å². The molecule has 0 aromatic heterocycles. The predicted octanol–water partition coefficient (Wildman–Crippen LogP) is 4.65. The number of hydrogen-bond donors (Lipinski definition) is 1. The van der Waals surface area contributed by atoms with Gasteiger partial charge in [-0.25, -0.2) is 13.6 Å². The number of hydrogen-bond acceptors (Lipinski definition) is 6. The van der Waals surface area contributed by atoms with Gasteiger partial charge in [0.2, 0.25) is 6.10 Å². The summed E-state index contributed by atoms with van der Waals surface area (Å²) in [5, 5.41) is 31.0. The maximum atomic E-state index is 14.0. The summed E-state index contributed by atoms with van der Waals surface area (Å²) in [6.07, 6.45) is -9.89. The minimum absolute atomic E-state index is 0.130. The number of nitrogens with zero attached hydrogens (tertiary/aromatic N) is 2. The summed E-state index contributed by atoms with van der Waals surface area (Å²) in [6.45, 7) is 2.86. The van der Waals surface area contributed by atoms with Gasteiger partial charge in [-0.1, -0.05) is 13.8 Å². The van der Waals surface area contributed by atoms with Crippen molar-refractivity contribution in [2.45, 2.75) is 44.6 Å². The molecule has 1 aromatic carbocycles. The lowest BCUT2D eigenvalue weighted by Gasteiger charge is -2.27. The fourth-order valence-corrected chi connectivity index (χ4v) is 2.36. The van der Waals surface area contributed by atoms with Crippen LogP contribution in [0.15, 0.2) is 12.1 Å². The number of alkyl halides is 4. The van der Waals surface area contributed by atoms with Crippen LogP contribution in [0.3, 0.4) is 0 Å². The van der Waals surface area contributed by atoms with E-state index in [2.05, 4.69) is 4.74 Å². The third kappa shape index (κ3) is 4.60. The van der Waals surface area contributed by atoms with Gasteiger partial charge >= 0.3 is 18.5 Å². The molecule has 2 atom stereocenters. The quantitative estimate of drug-likeness (QED) is 0.291. The highest BCUT2D eigenvalue weighted by molar-refractivity contribution is 5.61. The zero-order valence-corrected chi connectivity index (χ0v) is 13.9. The van der Waals surface area contributed by atoms with Gasteiger partial charge in [0.05, 0.1) is 21.5 Å². The highest BCUT2D eigenvalue weighted by Crippen LogP contribution is 2.47. The molecule has 0 saturated heterocycles. The van der Waals surface area contributed by atoms with Gasteiger partial charge in [0, 0.05) is 6.07 Å². The van der Waals surface area contributed by atoms with E-state index in [9.17, 15) is 42.6 Å². The van der Waals surface area contributed by atoms with E-state index in [-0.39, 0.29) is 6.42 Å². The van der Waals surface area contributed by atoms with Crippen molar-refractivity contribution in [1.29, 1.82) is 0 Å². The molecule has 0 spiro atoms. The van der Waals surface area contributed by atoms with Crippen LogP contribution in [0.5, 0.6) is 0 Å². The van der Waals surface area contributed by atoms with E-state index in [1.54, 1.807) is 0 Å². The summed E-state index contributed by atoms with van der Waals surface area (Å²) in [7, 11) is 0. The molecule has 9 nitrogen and oxygen atoms in total. The minimum atomic E-state index is -5.12. The molecule has 0 saturated carbocycles. The lowest BCUT2D eigenvalue weighted by Crippen LogP contribution is -2.38. The number of benzene rings is 1. The van der Waals surface area contributed by atoms with Crippen LogP contribution >= 0.6 is 0 Å². The first-order valence-electron chi connectivity index (χ1n) is 7.36. The van der Waals surface area contributed by atoms with Gasteiger partial charge in [0.1, 0.15) is 0 Å². The standard InChI is InChI=1S/C14H14F4N2O7/c1-3-6(2)8-4-7(19(23)24)5-9(20(25)26)10(8)11(27-13(21)22)14(17,18)12(15)16/h4-6,11-12H,3H2,1-2H3,(H,21,22). The minimum Gasteiger partial charge on any atom is -0.450 e. The van der Waals surface area contributed by atoms with Crippen LogP contribution in [0.1, 0.15) is 43.4 Å². The highest BCUT2D eigenvalue weighted by Gasteiger charge is 2.55. The molecule has 27 heavy (non-hydrogen) atoms. The molecule has 2 unspecified atom stereocenters. The molecule has 0 radical (unpaired) electrons. The molecule has 0 bridgehead atoms. The Bertz CT molecular complexity index is 757. The first-order valence-corrected chi connectivity index (χ1v) is 7.36. The normalized spacial score (nSPS) is 13.9. The summed E-state index contributed by atoms with van der Waals surface area (Å²) in [5.41, 5.74) is -3.75.